The molecule has 3 aliphatic carbocycles. The standard InChI is InChI=1S/C23H26N3O.H2N.Po/c27-22-13-24-20-3-1-2-4-21(20)25(22)19-10-17-5-6-18(11-19)26(17)23-12-14-7-15(23)9-16(23)8-14;;/h1-4,14-19H,5-12H2;1H2;/q;-1;+1/t14?,15?,16?,17-,18+,19?,23?;;. The Kier molecular flexibility index (Phi) is 3.76. The first-order valence-corrected chi connectivity index (χ1v) is 14.8. The van der Waals surface area contributed by atoms with Crippen molar-refractivity contribution in [1.29, 1.82) is 0 Å². The number of piperidine rings is 1. The number of fused-ring (bicyclic) bond motifs is 4. The molecule has 5 fully saturated rings. The average Bonchev–Trinajstić information content (AvgIpc) is 3.28. The van der Waals surface area contributed by atoms with Gasteiger partial charge in [-0.1, -0.05) is 0 Å². The van der Waals surface area contributed by atoms with Gasteiger partial charge in [0.1, 0.15) is 0 Å². The number of benzene rings is 1. The van der Waals surface area contributed by atoms with Crippen molar-refractivity contribution in [1.82, 2.24) is 14.5 Å². The molecule has 2 N–H and O–H groups in total. The van der Waals surface area contributed by atoms with Crippen LogP contribution in [0.3, 0.4) is 0 Å². The van der Waals surface area contributed by atoms with Crippen molar-refractivity contribution >= 4 is 38.2 Å². The van der Waals surface area contributed by atoms with Crippen molar-refractivity contribution in [3.63, 3.8) is 0 Å². The number of hydrogen-bond acceptors (Lipinski definition) is 4. The molecule has 6 heteroatoms. The Morgan fingerprint density at radius 1 is 1.00 bits per heavy atom. The van der Waals surface area contributed by atoms with Gasteiger partial charge >= 0.3 is 184 Å². The molecule has 5 aliphatic rings. The Morgan fingerprint density at radius 2 is 1.72 bits per heavy atom. The molecule has 2 aromatic rings. The summed E-state index contributed by atoms with van der Waals surface area (Å²) >= 11 is -1.34. The van der Waals surface area contributed by atoms with E-state index in [1.807, 2.05) is 18.2 Å². The van der Waals surface area contributed by atoms with Gasteiger partial charge in [-0.2, -0.15) is 0 Å². The zero-order valence-corrected chi connectivity index (χ0v) is 19.8. The molecule has 0 spiro atoms. The second kappa shape index (κ2) is 6.12. The van der Waals surface area contributed by atoms with E-state index in [-0.39, 0.29) is 5.56 Å². The van der Waals surface area contributed by atoms with Gasteiger partial charge in [0.15, 0.2) is 0 Å². The predicted octanol–water partition coefficient (Wildman–Crippen LogP) is 1.96. The molecule has 2 aliphatic heterocycles. The molecule has 7 rings (SSSR count). The monoisotopic (exact) mass is 585 g/mol. The fraction of sp³-hybridized carbons (Fsp3) is 0.652. The number of rotatable bonds is 3. The molecule has 5 nitrogen and oxygen atoms in total. The van der Waals surface area contributed by atoms with Crippen molar-refractivity contribution in [3.8, 4) is 0 Å². The first-order valence-electron chi connectivity index (χ1n) is 11.4. The van der Waals surface area contributed by atoms with Gasteiger partial charge in [-0.3, -0.25) is 0 Å². The van der Waals surface area contributed by atoms with Crippen molar-refractivity contribution in [2.45, 2.75) is 75.0 Å². The summed E-state index contributed by atoms with van der Waals surface area (Å²) in [5.74, 6) is 2.97. The molecule has 3 saturated carbocycles. The van der Waals surface area contributed by atoms with Crippen molar-refractivity contribution in [3.05, 3.63) is 34.6 Å². The zero-order chi connectivity index (χ0) is 19.3. The Bertz CT molecular complexity index is 1040. The Morgan fingerprint density at radius 3 is 2.38 bits per heavy atom. The van der Waals surface area contributed by atoms with Crippen LogP contribution in [0.5, 0.6) is 0 Å². The van der Waals surface area contributed by atoms with Crippen molar-refractivity contribution in [2.75, 3.05) is 0 Å². The first kappa shape index (κ1) is 17.8. The maximum atomic E-state index is 13.3. The Hall–Kier alpha value is -0.824. The number of nitrogens with two attached hydrogens (primary N) is 1. The second-order valence-corrected chi connectivity index (χ2v) is 12.7. The van der Waals surface area contributed by atoms with Crippen LogP contribution in [0.1, 0.15) is 57.4 Å². The minimum atomic E-state index is -1.34. The van der Waals surface area contributed by atoms with Crippen molar-refractivity contribution < 1.29 is 0 Å². The predicted molar refractivity (Wildman–Crippen MR) is 114 cm³/mol. The van der Waals surface area contributed by atoms with Crippen LogP contribution in [-0.4, -0.2) is 55.9 Å². The van der Waals surface area contributed by atoms with E-state index in [9.17, 15) is 4.79 Å². The van der Waals surface area contributed by atoms with Crippen LogP contribution in [0.25, 0.3) is 11.0 Å². The summed E-state index contributed by atoms with van der Waals surface area (Å²) in [5, 5.41) is 0. The SMILES string of the molecule is [NH2][Po][c]1nc2ccccc2n(C2C[C@H]3CC[C@@H](C2)N3C23CC4CC2CC3C4)c1=O. The summed E-state index contributed by atoms with van der Waals surface area (Å²) in [6.45, 7) is 0. The zero-order valence-electron chi connectivity index (χ0n) is 16.7. The van der Waals surface area contributed by atoms with Gasteiger partial charge in [-0.15, -0.1) is 0 Å². The van der Waals surface area contributed by atoms with Gasteiger partial charge in [0.25, 0.3) is 0 Å². The van der Waals surface area contributed by atoms with Crippen LogP contribution >= 0.6 is 0 Å². The number of nitrogens with zero attached hydrogens (tertiary/aromatic N) is 3. The molecule has 0 radical (unpaired) electrons. The van der Waals surface area contributed by atoms with Crippen LogP contribution in [0.15, 0.2) is 29.1 Å². The molecule has 2 saturated heterocycles. The minimum absolute atomic E-state index is 0.108. The van der Waals surface area contributed by atoms with E-state index in [4.69, 9.17) is 3.63 Å². The fourth-order valence-electron chi connectivity index (χ4n) is 8.53. The summed E-state index contributed by atoms with van der Waals surface area (Å²) in [4.78, 5) is 21.0. The van der Waals surface area contributed by atoms with E-state index in [0.717, 1.165) is 41.6 Å². The van der Waals surface area contributed by atoms with Gasteiger partial charge in [0, 0.05) is 0 Å². The van der Waals surface area contributed by atoms with Gasteiger partial charge in [0.05, 0.1) is 0 Å². The molecule has 5 atom stereocenters. The van der Waals surface area contributed by atoms with Gasteiger partial charge in [0.2, 0.25) is 0 Å². The van der Waals surface area contributed by atoms with Crippen molar-refractivity contribution in [2.24, 2.45) is 21.4 Å². The van der Waals surface area contributed by atoms with Crippen LogP contribution in [0.4, 0.5) is 0 Å². The van der Waals surface area contributed by atoms with E-state index in [2.05, 4.69) is 20.5 Å². The molecule has 4 bridgehead atoms. The van der Waals surface area contributed by atoms with Crippen LogP contribution < -0.4 is 12.5 Å². The third-order valence-electron chi connectivity index (χ3n) is 9.27. The molecule has 3 unspecified atom stereocenters. The topological polar surface area (TPSA) is 64.2 Å². The number of aromatic nitrogens is 2. The number of hydrogen-bond donors (Lipinski definition) is 1. The van der Waals surface area contributed by atoms with Crippen LogP contribution in [-0.2, 0) is 0 Å². The van der Waals surface area contributed by atoms with E-state index in [0.29, 0.717) is 27.0 Å². The summed E-state index contributed by atoms with van der Waals surface area (Å²) in [7, 11) is 0. The van der Waals surface area contributed by atoms with Gasteiger partial charge < -0.3 is 0 Å². The molecule has 1 aromatic carbocycles. The fourth-order valence-corrected chi connectivity index (χ4v) is 9.89. The Labute approximate surface area is 183 Å². The van der Waals surface area contributed by atoms with Crippen LogP contribution in [0.2, 0.25) is 0 Å². The van der Waals surface area contributed by atoms with E-state index < -0.39 is 23.9 Å². The quantitative estimate of drug-likeness (QED) is 0.599. The summed E-state index contributed by atoms with van der Waals surface area (Å²) in [6, 6.07) is 9.81. The first-order chi connectivity index (χ1) is 14.2. The number of para-hydroxylation sites is 2. The summed E-state index contributed by atoms with van der Waals surface area (Å²) in [5.41, 5.74) is 2.62. The second-order valence-electron chi connectivity index (χ2n) is 10.3. The molecule has 1 aromatic heterocycles. The van der Waals surface area contributed by atoms with E-state index >= 15 is 0 Å². The van der Waals surface area contributed by atoms with Gasteiger partial charge in [-0.25, -0.2) is 0 Å². The van der Waals surface area contributed by atoms with E-state index in [1.54, 1.807) is 0 Å². The molecule has 29 heavy (non-hydrogen) atoms. The molecular weight excluding hydrogens is 557 g/mol. The van der Waals surface area contributed by atoms with Crippen LogP contribution in [0, 0.1) is 17.8 Å². The molecule has 3 heterocycles. The van der Waals surface area contributed by atoms with Gasteiger partial charge in [-0.05, 0) is 0 Å². The third-order valence-corrected chi connectivity index (χ3v) is 11.2. The molecule has 0 amide bonds. The van der Waals surface area contributed by atoms with E-state index in [1.165, 1.54) is 38.5 Å². The summed E-state index contributed by atoms with van der Waals surface area (Å²) < 4.78 is 8.84. The Balaban J connectivity index is 1.29. The normalized spacial score (nSPS) is 42.5. The maximum absolute atomic E-state index is 13.3. The third kappa shape index (κ3) is 2.22. The molecular formula is C23H28N4OPo. The molecule has 152 valence electrons. The average molecular weight is 586 g/mol. The summed E-state index contributed by atoms with van der Waals surface area (Å²) in [6.07, 6.45) is 10.9.